The maximum atomic E-state index is 11.7. The molecule has 0 spiro atoms. The molecule has 25 heavy (non-hydrogen) atoms. The molecule has 0 radical (unpaired) electrons. The van der Waals surface area contributed by atoms with Crippen LogP contribution in [0.1, 0.15) is 16.3 Å². The van der Waals surface area contributed by atoms with Crippen molar-refractivity contribution in [2.75, 3.05) is 0 Å². The molecule has 0 fully saturated rings. The average molecular weight is 422 g/mol. The van der Waals surface area contributed by atoms with Gasteiger partial charge < -0.3 is 20.4 Å². The minimum absolute atomic E-state index is 0.237. The highest BCUT2D eigenvalue weighted by Crippen LogP contribution is 2.39. The lowest BCUT2D eigenvalue weighted by atomic mass is 10.1. The fraction of sp³-hybridized carbons (Fsp3) is 0.0588. The van der Waals surface area contributed by atoms with E-state index in [1.54, 1.807) is 25.1 Å². The zero-order valence-corrected chi connectivity index (χ0v) is 15.2. The van der Waals surface area contributed by atoms with Crippen LogP contribution in [0.4, 0.5) is 0 Å². The molecular weight excluding hydrogens is 410 g/mol. The molecule has 0 amide bonds. The van der Waals surface area contributed by atoms with Crippen molar-refractivity contribution in [3.8, 4) is 33.4 Å². The largest absolute Gasteiger partial charge is 0.504 e. The molecule has 128 valence electrons. The van der Waals surface area contributed by atoms with Gasteiger partial charge in [0.1, 0.15) is 5.01 Å². The minimum atomic E-state index is -0.824. The van der Waals surface area contributed by atoms with Crippen molar-refractivity contribution >= 4 is 39.4 Å². The van der Waals surface area contributed by atoms with Crippen LogP contribution in [0, 0.1) is 6.92 Å². The predicted octanol–water partition coefficient (Wildman–Crippen LogP) is 3.67. The molecule has 1 heterocycles. The summed E-state index contributed by atoms with van der Waals surface area (Å²) in [6, 6.07) is 4.26. The van der Waals surface area contributed by atoms with Crippen molar-refractivity contribution < 1.29 is 20.4 Å². The van der Waals surface area contributed by atoms with E-state index in [9.17, 15) is 25.2 Å². The number of nitrogens with zero attached hydrogens (tertiary/aromatic N) is 1. The molecule has 0 bridgehead atoms. The fourth-order valence-electron chi connectivity index (χ4n) is 2.28. The van der Waals surface area contributed by atoms with Crippen LogP contribution in [0.5, 0.6) is 23.0 Å². The zero-order chi connectivity index (χ0) is 18.3. The Morgan fingerprint density at radius 1 is 1.08 bits per heavy atom. The van der Waals surface area contributed by atoms with Crippen LogP contribution in [-0.2, 0) is 0 Å². The molecule has 0 atom stereocenters. The topological polar surface area (TPSA) is 111 Å². The van der Waals surface area contributed by atoms with E-state index in [1.807, 2.05) is 0 Å². The molecular formula is C17H12BrNO5S. The molecule has 1 aromatic rings. The number of phenolic OH excluding ortho intramolecular Hbond substituents is 4. The zero-order valence-electron chi connectivity index (χ0n) is 12.8. The Kier molecular flexibility index (Phi) is 4.40. The van der Waals surface area contributed by atoms with Crippen molar-refractivity contribution in [3.05, 3.63) is 49.2 Å². The van der Waals surface area contributed by atoms with E-state index >= 15 is 0 Å². The van der Waals surface area contributed by atoms with Gasteiger partial charge in [-0.15, -0.1) is 11.3 Å². The Bertz CT molecular complexity index is 1040. The molecule has 0 aromatic heterocycles. The second-order valence-electron chi connectivity index (χ2n) is 5.26. The molecule has 3 rings (SSSR count). The SMILES string of the molecule is Cc1nc(C=Cc2ccc(O)c(O)c2Br)sc2c(O)c(=O)c(O)cc1-2. The third-order valence-electron chi connectivity index (χ3n) is 3.59. The maximum absolute atomic E-state index is 11.7. The summed E-state index contributed by atoms with van der Waals surface area (Å²) in [7, 11) is 0. The van der Waals surface area contributed by atoms with Crippen LogP contribution in [0.15, 0.2) is 27.5 Å². The van der Waals surface area contributed by atoms with Crippen LogP contribution in [0.3, 0.4) is 0 Å². The van der Waals surface area contributed by atoms with Gasteiger partial charge in [-0.2, -0.15) is 0 Å². The van der Waals surface area contributed by atoms with Gasteiger partial charge in [0.2, 0.25) is 0 Å². The molecule has 8 heteroatoms. The van der Waals surface area contributed by atoms with E-state index in [-0.39, 0.29) is 11.5 Å². The smallest absolute Gasteiger partial charge is 0.263 e. The second kappa shape index (κ2) is 6.38. The first-order chi connectivity index (χ1) is 11.8. The summed E-state index contributed by atoms with van der Waals surface area (Å²) in [6.45, 7) is 1.71. The van der Waals surface area contributed by atoms with E-state index in [0.29, 0.717) is 31.2 Å². The number of fused-ring (bicyclic) bond motifs is 1. The summed E-state index contributed by atoms with van der Waals surface area (Å²) in [5.41, 5.74) is 0.837. The standard InChI is InChI=1S/C17H12BrNO5S/c1-7-9-6-11(21)15(23)16(24)17(9)25-12(19-7)5-3-8-2-4-10(20)14(22)13(8)18/h2-6,20-22,24H,1H3. The van der Waals surface area contributed by atoms with E-state index in [2.05, 4.69) is 20.9 Å². The lowest BCUT2D eigenvalue weighted by molar-refractivity contribution is 0.401. The number of aryl methyl sites for hydroxylation is 1. The normalized spacial score (nSPS) is 11.4. The molecule has 4 N–H and O–H groups in total. The minimum Gasteiger partial charge on any atom is -0.504 e. The number of aromatic nitrogens is 1. The number of rotatable bonds is 2. The molecule has 0 saturated heterocycles. The predicted molar refractivity (Wildman–Crippen MR) is 99.5 cm³/mol. The molecule has 6 nitrogen and oxygen atoms in total. The molecule has 1 aliphatic heterocycles. The van der Waals surface area contributed by atoms with Crippen molar-refractivity contribution in [1.29, 1.82) is 0 Å². The third-order valence-corrected chi connectivity index (χ3v) is 5.48. The molecule has 0 saturated carbocycles. The molecule has 1 aliphatic carbocycles. The van der Waals surface area contributed by atoms with Crippen molar-refractivity contribution in [2.45, 2.75) is 6.92 Å². The van der Waals surface area contributed by atoms with Gasteiger partial charge in [0.05, 0.1) is 9.35 Å². The first-order valence-electron chi connectivity index (χ1n) is 7.04. The summed E-state index contributed by atoms with van der Waals surface area (Å²) < 4.78 is 0.334. The van der Waals surface area contributed by atoms with E-state index in [4.69, 9.17) is 0 Å². The summed E-state index contributed by atoms with van der Waals surface area (Å²) in [6.07, 6.45) is 3.33. The first-order valence-corrected chi connectivity index (χ1v) is 8.65. The van der Waals surface area contributed by atoms with Gasteiger partial charge >= 0.3 is 0 Å². The van der Waals surface area contributed by atoms with E-state index in [1.165, 1.54) is 12.1 Å². The van der Waals surface area contributed by atoms with Crippen LogP contribution < -0.4 is 5.43 Å². The fourth-order valence-corrected chi connectivity index (χ4v) is 3.78. The van der Waals surface area contributed by atoms with E-state index < -0.39 is 16.9 Å². The Morgan fingerprint density at radius 2 is 1.80 bits per heavy atom. The summed E-state index contributed by atoms with van der Waals surface area (Å²) >= 11 is 4.30. The van der Waals surface area contributed by atoms with Gasteiger partial charge in [-0.1, -0.05) is 6.08 Å². The highest BCUT2D eigenvalue weighted by Gasteiger charge is 2.19. The van der Waals surface area contributed by atoms with E-state index in [0.717, 1.165) is 11.3 Å². The van der Waals surface area contributed by atoms with Crippen LogP contribution in [-0.4, -0.2) is 25.4 Å². The van der Waals surface area contributed by atoms with Gasteiger partial charge in [-0.3, -0.25) is 4.79 Å². The Hall–Kier alpha value is -2.58. The number of hydrogen-bond acceptors (Lipinski definition) is 7. The molecule has 0 unspecified atom stereocenters. The number of aromatic hydroxyl groups is 4. The summed E-state index contributed by atoms with van der Waals surface area (Å²) in [4.78, 5) is 16.4. The van der Waals surface area contributed by atoms with Crippen LogP contribution >= 0.6 is 27.3 Å². The monoisotopic (exact) mass is 421 g/mol. The highest BCUT2D eigenvalue weighted by atomic mass is 79.9. The van der Waals surface area contributed by atoms with Crippen molar-refractivity contribution in [1.82, 2.24) is 4.98 Å². The number of hydrogen-bond donors (Lipinski definition) is 4. The number of halogens is 1. The molecule has 1 aromatic carbocycles. The maximum Gasteiger partial charge on any atom is 0.263 e. The van der Waals surface area contributed by atoms with Crippen molar-refractivity contribution in [2.24, 2.45) is 0 Å². The van der Waals surface area contributed by atoms with Gasteiger partial charge in [-0.25, -0.2) is 4.98 Å². The lowest BCUT2D eigenvalue weighted by Crippen LogP contribution is -2.03. The van der Waals surface area contributed by atoms with Gasteiger partial charge in [-0.05, 0) is 52.7 Å². The Balaban J connectivity index is 2.10. The quantitative estimate of drug-likeness (QED) is 0.469. The average Bonchev–Trinajstić information content (AvgIpc) is 2.58. The summed E-state index contributed by atoms with van der Waals surface area (Å²) in [5, 5.41) is 39.3. The van der Waals surface area contributed by atoms with Gasteiger partial charge in [0.25, 0.3) is 5.43 Å². The van der Waals surface area contributed by atoms with Crippen LogP contribution in [0.25, 0.3) is 22.6 Å². The summed E-state index contributed by atoms with van der Waals surface area (Å²) in [5.74, 6) is -1.53. The van der Waals surface area contributed by atoms with Crippen LogP contribution in [0.2, 0.25) is 0 Å². The molecule has 2 aliphatic rings. The first kappa shape index (κ1) is 17.2. The highest BCUT2D eigenvalue weighted by molar-refractivity contribution is 9.10. The van der Waals surface area contributed by atoms with Crippen molar-refractivity contribution in [3.63, 3.8) is 0 Å². The Labute approximate surface area is 154 Å². The number of benzene rings is 2. The second-order valence-corrected chi connectivity index (χ2v) is 7.08. The van der Waals surface area contributed by atoms with Gasteiger partial charge in [0.15, 0.2) is 23.0 Å². The van der Waals surface area contributed by atoms with Gasteiger partial charge in [0, 0.05) is 11.3 Å². The lowest BCUT2D eigenvalue weighted by Gasteiger charge is -2.10. The third kappa shape index (κ3) is 3.06. The Morgan fingerprint density at radius 3 is 2.52 bits per heavy atom. The number of phenols is 4.